The summed E-state index contributed by atoms with van der Waals surface area (Å²) < 4.78 is 1.13. The molecule has 0 saturated carbocycles. The maximum Gasteiger partial charge on any atom is 0.161 e. The van der Waals surface area contributed by atoms with Crippen LogP contribution in [0.25, 0.3) is 0 Å². The number of carbonyl (C=O) groups excluding carboxylic acids is 1. The van der Waals surface area contributed by atoms with E-state index in [-0.39, 0.29) is 5.78 Å². The third kappa shape index (κ3) is 3.00. The maximum atomic E-state index is 11.6. The van der Waals surface area contributed by atoms with Gasteiger partial charge in [-0.15, -0.1) is 11.3 Å². The van der Waals surface area contributed by atoms with Gasteiger partial charge in [0.25, 0.3) is 0 Å². The summed E-state index contributed by atoms with van der Waals surface area (Å²) in [5.41, 5.74) is 2.99. The molecule has 0 aliphatic rings. The summed E-state index contributed by atoms with van der Waals surface area (Å²) in [7, 11) is 2.01. The second-order valence-electron chi connectivity index (χ2n) is 4.19. The molecule has 18 heavy (non-hydrogen) atoms. The van der Waals surface area contributed by atoms with Crippen molar-refractivity contribution in [3.8, 4) is 0 Å². The van der Waals surface area contributed by atoms with E-state index < -0.39 is 0 Å². The van der Waals surface area contributed by atoms with Gasteiger partial charge in [0.1, 0.15) is 0 Å². The molecule has 2 nitrogen and oxygen atoms in total. The summed E-state index contributed by atoms with van der Waals surface area (Å²) in [6.07, 6.45) is 0. The molecule has 0 aliphatic heterocycles. The number of hydrogen-bond acceptors (Lipinski definition) is 3. The lowest BCUT2D eigenvalue weighted by atomic mass is 10.1. The number of nitrogens with zero attached hydrogens (tertiary/aromatic N) is 1. The van der Waals surface area contributed by atoms with Crippen molar-refractivity contribution in [1.82, 2.24) is 0 Å². The number of halogens is 1. The van der Waals surface area contributed by atoms with E-state index in [0.29, 0.717) is 0 Å². The van der Waals surface area contributed by atoms with Crippen LogP contribution in [-0.4, -0.2) is 12.8 Å². The van der Waals surface area contributed by atoms with Gasteiger partial charge >= 0.3 is 0 Å². The molecule has 2 aromatic rings. The highest BCUT2D eigenvalue weighted by molar-refractivity contribution is 9.11. The van der Waals surface area contributed by atoms with Crippen molar-refractivity contribution >= 4 is 38.7 Å². The predicted molar refractivity (Wildman–Crippen MR) is 80.6 cm³/mol. The van der Waals surface area contributed by atoms with Crippen LogP contribution in [0.1, 0.15) is 22.8 Å². The highest BCUT2D eigenvalue weighted by atomic mass is 79.9. The molecule has 0 bridgehead atoms. The van der Waals surface area contributed by atoms with Crippen LogP contribution in [0.5, 0.6) is 0 Å². The zero-order chi connectivity index (χ0) is 13.1. The van der Waals surface area contributed by atoms with Crippen LogP contribution in [0.15, 0.2) is 39.5 Å². The Morgan fingerprint density at radius 1 is 1.39 bits per heavy atom. The lowest BCUT2D eigenvalue weighted by molar-refractivity contribution is 0.101. The summed E-state index contributed by atoms with van der Waals surface area (Å²) in [6.45, 7) is 2.40. The van der Waals surface area contributed by atoms with Gasteiger partial charge in [-0.1, -0.05) is 12.1 Å². The van der Waals surface area contributed by atoms with E-state index in [2.05, 4.69) is 32.3 Å². The van der Waals surface area contributed by atoms with Gasteiger partial charge in [0.2, 0.25) is 0 Å². The molecule has 0 spiro atoms. The first-order chi connectivity index (χ1) is 8.58. The summed E-state index contributed by atoms with van der Waals surface area (Å²) in [5.74, 6) is 0.101. The van der Waals surface area contributed by atoms with Crippen LogP contribution >= 0.6 is 27.3 Å². The minimum atomic E-state index is 0.101. The second kappa shape index (κ2) is 5.67. The Morgan fingerprint density at radius 2 is 2.11 bits per heavy atom. The fraction of sp³-hybridized carbons (Fsp3) is 0.214. The highest BCUT2D eigenvalue weighted by Gasteiger charge is 2.11. The lowest BCUT2D eigenvalue weighted by Crippen LogP contribution is -2.18. The van der Waals surface area contributed by atoms with Gasteiger partial charge in [0.15, 0.2) is 5.78 Å². The molecule has 94 valence electrons. The Kier molecular flexibility index (Phi) is 4.19. The second-order valence-corrected chi connectivity index (χ2v) is 6.48. The van der Waals surface area contributed by atoms with Crippen molar-refractivity contribution in [2.24, 2.45) is 0 Å². The van der Waals surface area contributed by atoms with Gasteiger partial charge in [-0.3, -0.25) is 4.79 Å². The molecule has 0 amide bonds. The van der Waals surface area contributed by atoms with Crippen LogP contribution in [0.3, 0.4) is 0 Å². The van der Waals surface area contributed by atoms with E-state index in [1.165, 1.54) is 5.56 Å². The molecule has 0 radical (unpaired) electrons. The van der Waals surface area contributed by atoms with E-state index in [0.717, 1.165) is 21.6 Å². The van der Waals surface area contributed by atoms with Crippen molar-refractivity contribution in [3.05, 3.63) is 50.6 Å². The quantitative estimate of drug-likeness (QED) is 0.779. The monoisotopic (exact) mass is 323 g/mol. The molecular weight excluding hydrogens is 310 g/mol. The standard InChI is InChI=1S/C14H14BrNOS/c1-10(17)12-5-3-4-6-13(12)16(2)8-11-7-14(15)18-9-11/h3-7,9H,8H2,1-2H3. The fourth-order valence-corrected chi connectivity index (χ4v) is 3.09. The number of para-hydroxylation sites is 1. The smallest absolute Gasteiger partial charge is 0.161 e. The molecule has 4 heteroatoms. The molecule has 1 aromatic heterocycles. The molecule has 0 saturated heterocycles. The first kappa shape index (κ1) is 13.3. The summed E-state index contributed by atoms with van der Waals surface area (Å²) in [4.78, 5) is 13.7. The van der Waals surface area contributed by atoms with E-state index in [1.54, 1.807) is 18.3 Å². The van der Waals surface area contributed by atoms with Crippen LogP contribution < -0.4 is 4.90 Å². The summed E-state index contributed by atoms with van der Waals surface area (Å²) >= 11 is 5.14. The van der Waals surface area contributed by atoms with E-state index in [4.69, 9.17) is 0 Å². The van der Waals surface area contributed by atoms with Crippen LogP contribution in [-0.2, 0) is 6.54 Å². The van der Waals surface area contributed by atoms with Gasteiger partial charge in [-0.25, -0.2) is 0 Å². The average Bonchev–Trinajstić information content (AvgIpc) is 2.74. The van der Waals surface area contributed by atoms with Crippen molar-refractivity contribution in [3.63, 3.8) is 0 Å². The first-order valence-corrected chi connectivity index (χ1v) is 7.29. The van der Waals surface area contributed by atoms with Gasteiger partial charge in [0.05, 0.1) is 3.79 Å². The molecule has 0 fully saturated rings. The molecule has 2 rings (SSSR count). The van der Waals surface area contributed by atoms with Gasteiger partial charge in [-0.05, 0) is 52.0 Å². The number of anilines is 1. The number of hydrogen-bond donors (Lipinski definition) is 0. The maximum absolute atomic E-state index is 11.6. The molecular formula is C14H14BrNOS. The molecule has 0 aliphatic carbocycles. The zero-order valence-electron chi connectivity index (χ0n) is 10.3. The minimum absolute atomic E-state index is 0.101. The normalized spacial score (nSPS) is 10.4. The largest absolute Gasteiger partial charge is 0.370 e. The number of benzene rings is 1. The summed E-state index contributed by atoms with van der Waals surface area (Å²) in [6, 6.07) is 9.82. The van der Waals surface area contributed by atoms with Gasteiger partial charge in [0, 0.05) is 24.8 Å². The lowest BCUT2D eigenvalue weighted by Gasteiger charge is -2.21. The minimum Gasteiger partial charge on any atom is -0.370 e. The Hall–Kier alpha value is -1.13. The third-order valence-electron chi connectivity index (χ3n) is 2.74. The van der Waals surface area contributed by atoms with Crippen LogP contribution in [0, 0.1) is 0 Å². The third-order valence-corrected chi connectivity index (χ3v) is 4.29. The number of rotatable bonds is 4. The molecule has 0 unspecified atom stereocenters. The highest BCUT2D eigenvalue weighted by Crippen LogP contribution is 2.25. The zero-order valence-corrected chi connectivity index (χ0v) is 12.7. The molecule has 1 aromatic carbocycles. The van der Waals surface area contributed by atoms with E-state index in [9.17, 15) is 4.79 Å². The number of ketones is 1. The SMILES string of the molecule is CC(=O)c1ccccc1N(C)Cc1csc(Br)c1. The number of carbonyl (C=O) groups is 1. The van der Waals surface area contributed by atoms with Crippen molar-refractivity contribution in [2.45, 2.75) is 13.5 Å². The molecule has 0 N–H and O–H groups in total. The number of thiophene rings is 1. The Balaban J connectivity index is 2.23. The first-order valence-electron chi connectivity index (χ1n) is 5.62. The van der Waals surface area contributed by atoms with E-state index in [1.807, 2.05) is 31.3 Å². The Morgan fingerprint density at radius 3 is 2.72 bits per heavy atom. The Bertz CT molecular complexity index is 564. The average molecular weight is 324 g/mol. The fourth-order valence-electron chi connectivity index (χ4n) is 1.89. The van der Waals surface area contributed by atoms with Gasteiger partial charge < -0.3 is 4.90 Å². The van der Waals surface area contributed by atoms with E-state index >= 15 is 0 Å². The summed E-state index contributed by atoms with van der Waals surface area (Å²) in [5, 5.41) is 2.12. The number of Topliss-reactive ketones (excluding diaryl/α,β-unsaturated/α-hetero) is 1. The molecule has 1 heterocycles. The molecule has 0 atom stereocenters. The van der Waals surface area contributed by atoms with Gasteiger partial charge in [-0.2, -0.15) is 0 Å². The van der Waals surface area contributed by atoms with Crippen LogP contribution in [0.4, 0.5) is 5.69 Å². The van der Waals surface area contributed by atoms with Crippen LogP contribution in [0.2, 0.25) is 0 Å². The predicted octanol–water partition coefficient (Wildman–Crippen LogP) is 4.35. The van der Waals surface area contributed by atoms with Crippen molar-refractivity contribution in [2.75, 3.05) is 11.9 Å². The van der Waals surface area contributed by atoms with Crippen molar-refractivity contribution < 1.29 is 4.79 Å². The Labute approximate surface area is 119 Å². The van der Waals surface area contributed by atoms with Crippen molar-refractivity contribution in [1.29, 1.82) is 0 Å². The topological polar surface area (TPSA) is 20.3 Å².